The van der Waals surface area contributed by atoms with Crippen LogP contribution in [0.15, 0.2) is 21.5 Å². The molecule has 0 saturated heterocycles. The van der Waals surface area contributed by atoms with Crippen molar-refractivity contribution in [2.24, 2.45) is 5.14 Å². The molecule has 0 saturated carbocycles. The first-order valence-corrected chi connectivity index (χ1v) is 8.40. The number of hydrogen-bond acceptors (Lipinski definition) is 4. The van der Waals surface area contributed by atoms with Crippen LogP contribution in [0.4, 0.5) is 4.39 Å². The number of carbonyl (C=O) groups excluding carboxylic acids is 1. The van der Waals surface area contributed by atoms with E-state index in [0.29, 0.717) is 19.6 Å². The zero-order chi connectivity index (χ0) is 16.0. The molecule has 0 heterocycles. The van der Waals surface area contributed by atoms with Gasteiger partial charge >= 0.3 is 0 Å². The van der Waals surface area contributed by atoms with E-state index in [1.54, 1.807) is 7.11 Å². The Hall–Kier alpha value is -1.03. The molecule has 3 N–H and O–H groups in total. The summed E-state index contributed by atoms with van der Waals surface area (Å²) in [6.07, 6.45) is 1.46. The van der Waals surface area contributed by atoms with Crippen LogP contribution in [-0.4, -0.2) is 34.6 Å². The van der Waals surface area contributed by atoms with Crippen molar-refractivity contribution in [2.45, 2.75) is 17.7 Å². The van der Waals surface area contributed by atoms with Crippen molar-refractivity contribution >= 4 is 31.9 Å². The molecule has 118 valence electrons. The van der Waals surface area contributed by atoms with Gasteiger partial charge < -0.3 is 10.1 Å². The standard InChI is InChI=1S/C12H16BrFN2O4S/c1-20-5-3-2-4-16-12(17)9-6-8(14)7-10(11(9)13)21(15,18)19/h6-7H,2-5H2,1H3,(H,16,17)(H2,15,18,19). The number of benzene rings is 1. The molecule has 0 fully saturated rings. The quantitative estimate of drug-likeness (QED) is 0.696. The van der Waals surface area contributed by atoms with E-state index >= 15 is 0 Å². The first-order valence-electron chi connectivity index (χ1n) is 6.06. The molecule has 0 spiro atoms. The lowest BCUT2D eigenvalue weighted by atomic mass is 10.2. The second-order valence-electron chi connectivity index (χ2n) is 4.27. The Kier molecular flexibility index (Phi) is 6.72. The molecule has 6 nitrogen and oxygen atoms in total. The number of ether oxygens (including phenoxy) is 1. The van der Waals surface area contributed by atoms with E-state index in [4.69, 9.17) is 9.88 Å². The SMILES string of the molecule is COCCCCNC(=O)c1cc(F)cc(S(N)(=O)=O)c1Br. The van der Waals surface area contributed by atoms with Crippen LogP contribution in [0, 0.1) is 5.82 Å². The molecular formula is C12H16BrFN2O4S. The van der Waals surface area contributed by atoms with Crippen LogP contribution in [0.2, 0.25) is 0 Å². The normalized spacial score (nSPS) is 11.4. The monoisotopic (exact) mass is 382 g/mol. The number of rotatable bonds is 7. The maximum absolute atomic E-state index is 13.4. The summed E-state index contributed by atoms with van der Waals surface area (Å²) < 4.78 is 41.0. The van der Waals surface area contributed by atoms with Crippen LogP contribution in [0.1, 0.15) is 23.2 Å². The molecular weight excluding hydrogens is 367 g/mol. The number of sulfonamides is 1. The molecule has 0 atom stereocenters. The van der Waals surface area contributed by atoms with Crippen LogP contribution in [-0.2, 0) is 14.8 Å². The van der Waals surface area contributed by atoms with Crippen LogP contribution >= 0.6 is 15.9 Å². The molecule has 0 aliphatic heterocycles. The zero-order valence-corrected chi connectivity index (χ0v) is 13.8. The van der Waals surface area contributed by atoms with Gasteiger partial charge in [0.2, 0.25) is 10.0 Å². The van der Waals surface area contributed by atoms with Gasteiger partial charge in [-0.3, -0.25) is 4.79 Å². The second kappa shape index (κ2) is 7.83. The maximum atomic E-state index is 13.4. The molecule has 0 aliphatic carbocycles. The van der Waals surface area contributed by atoms with Crippen molar-refractivity contribution in [3.05, 3.63) is 28.0 Å². The third-order valence-electron chi connectivity index (χ3n) is 2.62. The summed E-state index contributed by atoms with van der Waals surface area (Å²) in [6, 6.07) is 1.71. The van der Waals surface area contributed by atoms with Gasteiger partial charge in [-0.15, -0.1) is 0 Å². The summed E-state index contributed by atoms with van der Waals surface area (Å²) in [5.41, 5.74) is -0.120. The Morgan fingerprint density at radius 1 is 1.43 bits per heavy atom. The topological polar surface area (TPSA) is 98.5 Å². The van der Waals surface area contributed by atoms with Gasteiger partial charge in [0.15, 0.2) is 0 Å². The van der Waals surface area contributed by atoms with Gasteiger partial charge in [-0.25, -0.2) is 17.9 Å². The van der Waals surface area contributed by atoms with Gasteiger partial charge in [0.1, 0.15) is 5.82 Å². The van der Waals surface area contributed by atoms with Crippen LogP contribution < -0.4 is 10.5 Å². The molecule has 0 bridgehead atoms. The van der Waals surface area contributed by atoms with Gasteiger partial charge in [-0.1, -0.05) is 0 Å². The van der Waals surface area contributed by atoms with E-state index in [1.807, 2.05) is 0 Å². The van der Waals surface area contributed by atoms with Gasteiger partial charge in [0.05, 0.1) is 14.9 Å². The van der Waals surface area contributed by atoms with Crippen LogP contribution in [0.25, 0.3) is 0 Å². The average Bonchev–Trinajstić information content (AvgIpc) is 2.39. The lowest BCUT2D eigenvalue weighted by Gasteiger charge is -2.10. The average molecular weight is 383 g/mol. The molecule has 1 amide bonds. The number of carbonyl (C=O) groups is 1. The predicted octanol–water partition coefficient (Wildman–Crippen LogP) is 1.39. The van der Waals surface area contributed by atoms with Gasteiger partial charge in [0, 0.05) is 20.3 Å². The highest BCUT2D eigenvalue weighted by atomic mass is 79.9. The van der Waals surface area contributed by atoms with Crippen LogP contribution in [0.3, 0.4) is 0 Å². The van der Waals surface area contributed by atoms with E-state index in [0.717, 1.165) is 18.6 Å². The fraction of sp³-hybridized carbons (Fsp3) is 0.417. The smallest absolute Gasteiger partial charge is 0.252 e. The van der Waals surface area contributed by atoms with E-state index < -0.39 is 26.6 Å². The number of primary sulfonamides is 1. The lowest BCUT2D eigenvalue weighted by molar-refractivity contribution is 0.0950. The van der Waals surface area contributed by atoms with Gasteiger partial charge in [0.25, 0.3) is 5.91 Å². The minimum Gasteiger partial charge on any atom is -0.385 e. The van der Waals surface area contributed by atoms with E-state index in [-0.39, 0.29) is 10.0 Å². The highest BCUT2D eigenvalue weighted by Crippen LogP contribution is 2.26. The number of amides is 1. The molecule has 1 aromatic carbocycles. The third-order valence-corrected chi connectivity index (χ3v) is 4.67. The third kappa shape index (κ3) is 5.34. The highest BCUT2D eigenvalue weighted by Gasteiger charge is 2.21. The Morgan fingerprint density at radius 3 is 2.67 bits per heavy atom. The Balaban J connectivity index is 2.88. The molecule has 0 aliphatic rings. The zero-order valence-electron chi connectivity index (χ0n) is 11.4. The number of nitrogens with two attached hydrogens (primary N) is 1. The van der Waals surface area contributed by atoms with Crippen molar-refractivity contribution in [1.29, 1.82) is 0 Å². The van der Waals surface area contributed by atoms with Crippen molar-refractivity contribution in [3.63, 3.8) is 0 Å². The van der Waals surface area contributed by atoms with E-state index in [1.165, 1.54) is 0 Å². The Labute approximate surface area is 131 Å². The first-order chi connectivity index (χ1) is 9.77. The van der Waals surface area contributed by atoms with Crippen LogP contribution in [0.5, 0.6) is 0 Å². The molecule has 0 radical (unpaired) electrons. The second-order valence-corrected chi connectivity index (χ2v) is 6.59. The summed E-state index contributed by atoms with van der Waals surface area (Å²) >= 11 is 2.98. The molecule has 21 heavy (non-hydrogen) atoms. The summed E-state index contributed by atoms with van der Waals surface area (Å²) in [6.45, 7) is 0.949. The summed E-state index contributed by atoms with van der Waals surface area (Å²) in [5.74, 6) is -1.43. The summed E-state index contributed by atoms with van der Waals surface area (Å²) in [4.78, 5) is 11.5. The first kappa shape index (κ1) is 18.0. The minimum absolute atomic E-state index is 0.0548. The van der Waals surface area contributed by atoms with Gasteiger partial charge in [-0.2, -0.15) is 0 Å². The van der Waals surface area contributed by atoms with Crippen molar-refractivity contribution in [2.75, 3.05) is 20.3 Å². The fourth-order valence-electron chi connectivity index (χ4n) is 1.61. The molecule has 1 rings (SSSR count). The molecule has 1 aromatic rings. The predicted molar refractivity (Wildman–Crippen MR) is 78.9 cm³/mol. The van der Waals surface area contributed by atoms with Crippen molar-refractivity contribution in [1.82, 2.24) is 5.32 Å². The highest BCUT2D eigenvalue weighted by molar-refractivity contribution is 9.10. The molecule has 9 heteroatoms. The Bertz CT molecular complexity index is 622. The van der Waals surface area contributed by atoms with E-state index in [2.05, 4.69) is 21.2 Å². The van der Waals surface area contributed by atoms with Crippen molar-refractivity contribution < 1.29 is 22.3 Å². The lowest BCUT2D eigenvalue weighted by Crippen LogP contribution is -2.26. The van der Waals surface area contributed by atoms with Gasteiger partial charge in [-0.05, 0) is 40.9 Å². The summed E-state index contributed by atoms with van der Waals surface area (Å²) in [5, 5.41) is 7.56. The fourth-order valence-corrected chi connectivity index (χ4v) is 3.33. The number of methoxy groups -OCH3 is 1. The van der Waals surface area contributed by atoms with Crippen molar-refractivity contribution in [3.8, 4) is 0 Å². The Morgan fingerprint density at radius 2 is 2.10 bits per heavy atom. The molecule has 0 aromatic heterocycles. The number of halogens is 2. The largest absolute Gasteiger partial charge is 0.385 e. The van der Waals surface area contributed by atoms with E-state index in [9.17, 15) is 17.6 Å². The summed E-state index contributed by atoms with van der Waals surface area (Å²) in [7, 11) is -2.55. The minimum atomic E-state index is -4.13. The number of hydrogen-bond donors (Lipinski definition) is 2. The maximum Gasteiger partial charge on any atom is 0.252 e. The number of nitrogens with one attached hydrogen (secondary N) is 1. The number of unbranched alkanes of at least 4 members (excludes halogenated alkanes) is 1. The molecule has 0 unspecified atom stereocenters.